The fourth-order valence-electron chi connectivity index (χ4n) is 4.63. The Bertz CT molecular complexity index is 580. The second-order valence-electron chi connectivity index (χ2n) is 8.52. The highest BCUT2D eigenvalue weighted by atomic mass is 32.1. The van der Waals surface area contributed by atoms with Gasteiger partial charge in [-0.05, 0) is 63.8 Å². The maximum absolute atomic E-state index is 4.47. The summed E-state index contributed by atoms with van der Waals surface area (Å²) in [6.45, 7) is 8.02. The lowest BCUT2D eigenvalue weighted by Crippen LogP contribution is -2.46. The van der Waals surface area contributed by atoms with Crippen molar-refractivity contribution in [3.8, 4) is 0 Å². The van der Waals surface area contributed by atoms with Crippen LogP contribution in [-0.4, -0.2) is 75.7 Å². The van der Waals surface area contributed by atoms with Crippen LogP contribution in [0.4, 0.5) is 0 Å². The molecule has 158 valence electrons. The Kier molecular flexibility index (Phi) is 8.62. The number of likely N-dealkylation sites (N-methyl/N-ethyl adjacent to an activating group) is 1. The van der Waals surface area contributed by atoms with Crippen LogP contribution in [0.1, 0.15) is 49.8 Å². The molecule has 1 saturated carbocycles. The van der Waals surface area contributed by atoms with Crippen molar-refractivity contribution in [1.82, 2.24) is 20.4 Å². The van der Waals surface area contributed by atoms with Crippen molar-refractivity contribution in [2.45, 2.75) is 50.4 Å². The Labute approximate surface area is 175 Å². The average Bonchev–Trinajstić information content (AvgIpc) is 3.19. The van der Waals surface area contributed by atoms with E-state index in [0.29, 0.717) is 5.41 Å². The van der Waals surface area contributed by atoms with Gasteiger partial charge in [0.05, 0.1) is 0 Å². The standard InChI is InChI=1S/C22H39N5S/c1-23-21(24-12-7-14-27-15-8-13-26(2)16-17-27)25-19-22(10-4-3-5-11-22)20-9-6-18-28-20/h6,9,18H,3-5,7-8,10-17,19H2,1-2H3,(H2,23,24,25). The Hall–Kier alpha value is -1.11. The van der Waals surface area contributed by atoms with Crippen LogP contribution in [0.25, 0.3) is 0 Å². The van der Waals surface area contributed by atoms with Gasteiger partial charge in [-0.3, -0.25) is 4.99 Å². The molecule has 1 saturated heterocycles. The minimum atomic E-state index is 0.294. The van der Waals surface area contributed by atoms with Crippen LogP contribution in [0.2, 0.25) is 0 Å². The number of guanidine groups is 1. The van der Waals surface area contributed by atoms with E-state index in [1.807, 2.05) is 18.4 Å². The quantitative estimate of drug-likeness (QED) is 0.415. The molecule has 1 aliphatic carbocycles. The molecule has 1 aliphatic heterocycles. The van der Waals surface area contributed by atoms with Crippen molar-refractivity contribution in [2.24, 2.45) is 4.99 Å². The molecular formula is C22H39N5S. The molecule has 2 heterocycles. The first-order valence-electron chi connectivity index (χ1n) is 11.1. The van der Waals surface area contributed by atoms with Crippen molar-refractivity contribution in [1.29, 1.82) is 0 Å². The monoisotopic (exact) mass is 405 g/mol. The van der Waals surface area contributed by atoms with E-state index in [2.05, 4.69) is 50.0 Å². The zero-order valence-corrected chi connectivity index (χ0v) is 18.7. The maximum Gasteiger partial charge on any atom is 0.191 e. The number of hydrogen-bond donors (Lipinski definition) is 2. The molecule has 5 nitrogen and oxygen atoms in total. The van der Waals surface area contributed by atoms with Crippen molar-refractivity contribution in [3.05, 3.63) is 22.4 Å². The summed E-state index contributed by atoms with van der Waals surface area (Å²) in [6.07, 6.45) is 9.11. The first-order valence-corrected chi connectivity index (χ1v) is 12.0. The molecule has 0 unspecified atom stereocenters. The number of nitrogens with zero attached hydrogens (tertiary/aromatic N) is 3. The van der Waals surface area contributed by atoms with Gasteiger partial charge in [0.25, 0.3) is 0 Å². The number of hydrogen-bond acceptors (Lipinski definition) is 4. The van der Waals surface area contributed by atoms with Crippen LogP contribution in [0, 0.1) is 0 Å². The van der Waals surface area contributed by atoms with Crippen molar-refractivity contribution in [3.63, 3.8) is 0 Å². The molecule has 0 atom stereocenters. The third-order valence-corrected chi connectivity index (χ3v) is 7.54. The second kappa shape index (κ2) is 11.2. The number of nitrogens with one attached hydrogen (secondary N) is 2. The third-order valence-electron chi connectivity index (χ3n) is 6.43. The third kappa shape index (κ3) is 6.19. The molecule has 2 N–H and O–H groups in total. The molecule has 1 aromatic rings. The first kappa shape index (κ1) is 21.6. The predicted octanol–water partition coefficient (Wildman–Crippen LogP) is 3.14. The van der Waals surface area contributed by atoms with E-state index in [-0.39, 0.29) is 0 Å². The Morgan fingerprint density at radius 2 is 1.96 bits per heavy atom. The van der Waals surface area contributed by atoms with Crippen LogP contribution >= 0.6 is 11.3 Å². The lowest BCUT2D eigenvalue weighted by atomic mass is 9.73. The minimum absolute atomic E-state index is 0.294. The van der Waals surface area contributed by atoms with Gasteiger partial charge in [0.15, 0.2) is 5.96 Å². The molecule has 2 fully saturated rings. The lowest BCUT2D eigenvalue weighted by molar-refractivity contribution is 0.273. The van der Waals surface area contributed by atoms with E-state index in [9.17, 15) is 0 Å². The van der Waals surface area contributed by atoms with Crippen LogP contribution < -0.4 is 10.6 Å². The highest BCUT2D eigenvalue weighted by Crippen LogP contribution is 2.41. The summed E-state index contributed by atoms with van der Waals surface area (Å²) < 4.78 is 0. The van der Waals surface area contributed by atoms with E-state index in [0.717, 1.165) is 19.0 Å². The smallest absolute Gasteiger partial charge is 0.191 e. The van der Waals surface area contributed by atoms with E-state index in [1.54, 1.807) is 4.88 Å². The Morgan fingerprint density at radius 1 is 1.11 bits per heavy atom. The fourth-order valence-corrected chi connectivity index (χ4v) is 5.61. The Morgan fingerprint density at radius 3 is 2.71 bits per heavy atom. The summed E-state index contributed by atoms with van der Waals surface area (Å²) in [6, 6.07) is 4.52. The summed E-state index contributed by atoms with van der Waals surface area (Å²) in [5.41, 5.74) is 0.294. The van der Waals surface area contributed by atoms with E-state index >= 15 is 0 Å². The summed E-state index contributed by atoms with van der Waals surface area (Å²) in [5, 5.41) is 9.41. The van der Waals surface area contributed by atoms with Gasteiger partial charge in [0.2, 0.25) is 0 Å². The van der Waals surface area contributed by atoms with Crippen molar-refractivity contribution < 1.29 is 0 Å². The van der Waals surface area contributed by atoms with Gasteiger partial charge in [-0.15, -0.1) is 11.3 Å². The zero-order chi connectivity index (χ0) is 19.7. The molecule has 0 radical (unpaired) electrons. The molecule has 0 amide bonds. The largest absolute Gasteiger partial charge is 0.356 e. The maximum atomic E-state index is 4.47. The zero-order valence-electron chi connectivity index (χ0n) is 17.9. The predicted molar refractivity (Wildman–Crippen MR) is 122 cm³/mol. The molecule has 28 heavy (non-hydrogen) atoms. The van der Waals surface area contributed by atoms with Gasteiger partial charge in [0, 0.05) is 43.5 Å². The van der Waals surface area contributed by atoms with Gasteiger partial charge in [-0.1, -0.05) is 25.3 Å². The topological polar surface area (TPSA) is 42.9 Å². The molecule has 1 aromatic heterocycles. The second-order valence-corrected chi connectivity index (χ2v) is 9.47. The molecule has 2 aliphatic rings. The van der Waals surface area contributed by atoms with Crippen LogP contribution in [0.3, 0.4) is 0 Å². The van der Waals surface area contributed by atoms with Gasteiger partial charge < -0.3 is 20.4 Å². The summed E-state index contributed by atoms with van der Waals surface area (Å²) in [4.78, 5) is 11.1. The van der Waals surface area contributed by atoms with E-state index in [4.69, 9.17) is 0 Å². The molecule has 0 spiro atoms. The van der Waals surface area contributed by atoms with Crippen LogP contribution in [0.5, 0.6) is 0 Å². The summed E-state index contributed by atoms with van der Waals surface area (Å²) in [7, 11) is 4.12. The normalized spacial score (nSPS) is 22.0. The molecular weight excluding hydrogens is 366 g/mol. The minimum Gasteiger partial charge on any atom is -0.356 e. The SMILES string of the molecule is CN=C(NCCCN1CCCN(C)CC1)NCC1(c2cccs2)CCCCC1. The number of thiophene rings is 1. The van der Waals surface area contributed by atoms with E-state index in [1.165, 1.54) is 77.7 Å². The van der Waals surface area contributed by atoms with E-state index < -0.39 is 0 Å². The lowest BCUT2D eigenvalue weighted by Gasteiger charge is -2.37. The first-order chi connectivity index (χ1) is 13.7. The molecule has 6 heteroatoms. The molecule has 0 bridgehead atoms. The number of aliphatic imine (C=N–C) groups is 1. The van der Waals surface area contributed by atoms with Gasteiger partial charge in [-0.2, -0.15) is 0 Å². The van der Waals surface area contributed by atoms with Crippen molar-refractivity contribution >= 4 is 17.3 Å². The fraction of sp³-hybridized carbons (Fsp3) is 0.773. The van der Waals surface area contributed by atoms with Crippen LogP contribution in [0.15, 0.2) is 22.5 Å². The highest BCUT2D eigenvalue weighted by molar-refractivity contribution is 7.10. The van der Waals surface area contributed by atoms with Gasteiger partial charge >= 0.3 is 0 Å². The number of rotatable bonds is 7. The van der Waals surface area contributed by atoms with Gasteiger partial charge in [0.1, 0.15) is 0 Å². The summed E-state index contributed by atoms with van der Waals surface area (Å²) >= 11 is 1.92. The van der Waals surface area contributed by atoms with Crippen molar-refractivity contribution in [2.75, 3.05) is 59.9 Å². The molecule has 3 rings (SSSR count). The average molecular weight is 406 g/mol. The van der Waals surface area contributed by atoms with Gasteiger partial charge in [-0.25, -0.2) is 0 Å². The Balaban J connectivity index is 1.41. The molecule has 0 aromatic carbocycles. The highest BCUT2D eigenvalue weighted by Gasteiger charge is 2.34. The summed E-state index contributed by atoms with van der Waals surface area (Å²) in [5.74, 6) is 0.956. The van der Waals surface area contributed by atoms with Crippen LogP contribution in [-0.2, 0) is 5.41 Å².